The van der Waals surface area contributed by atoms with Crippen molar-refractivity contribution in [2.45, 2.75) is 13.8 Å². The summed E-state index contributed by atoms with van der Waals surface area (Å²) in [6.45, 7) is 3.94. The number of carbonyl (C=O) groups excluding carboxylic acids is 1. The van der Waals surface area contributed by atoms with Crippen LogP contribution in [-0.2, 0) is 0 Å². The highest BCUT2D eigenvalue weighted by atomic mass is 16.1. The number of hydrogen-bond donors (Lipinski definition) is 2. The first kappa shape index (κ1) is 10.4. The SMILES string of the molecule is Cc1cccc(C)c1NC(=O)c1cn[nH]c1. The average Bonchev–Trinajstić information content (AvgIpc) is 2.76. The van der Waals surface area contributed by atoms with Crippen molar-refractivity contribution >= 4 is 11.6 Å². The molecule has 2 rings (SSSR count). The summed E-state index contributed by atoms with van der Waals surface area (Å²) in [7, 11) is 0. The minimum Gasteiger partial charge on any atom is -0.321 e. The molecule has 0 saturated carbocycles. The van der Waals surface area contributed by atoms with Gasteiger partial charge in [-0.3, -0.25) is 9.89 Å². The van der Waals surface area contributed by atoms with Crippen LogP contribution in [0.15, 0.2) is 30.6 Å². The molecule has 16 heavy (non-hydrogen) atoms. The Balaban J connectivity index is 2.25. The number of nitrogens with one attached hydrogen (secondary N) is 2. The van der Waals surface area contributed by atoms with E-state index in [0.29, 0.717) is 5.56 Å². The summed E-state index contributed by atoms with van der Waals surface area (Å²) < 4.78 is 0. The van der Waals surface area contributed by atoms with Gasteiger partial charge in [0, 0.05) is 11.9 Å². The maximum Gasteiger partial charge on any atom is 0.258 e. The Hall–Kier alpha value is -2.10. The van der Waals surface area contributed by atoms with Gasteiger partial charge >= 0.3 is 0 Å². The standard InChI is InChI=1S/C12H13N3O/c1-8-4-3-5-9(2)11(8)15-12(16)10-6-13-14-7-10/h3-7H,1-2H3,(H,13,14)(H,15,16). The molecule has 0 radical (unpaired) electrons. The Morgan fingerprint density at radius 2 is 2.00 bits per heavy atom. The number of benzene rings is 1. The Kier molecular flexibility index (Phi) is 2.72. The number of rotatable bonds is 2. The Morgan fingerprint density at radius 3 is 2.56 bits per heavy atom. The van der Waals surface area contributed by atoms with E-state index in [9.17, 15) is 4.79 Å². The number of amides is 1. The molecule has 1 amide bonds. The normalized spacial score (nSPS) is 10.1. The maximum atomic E-state index is 11.8. The van der Waals surface area contributed by atoms with E-state index in [1.807, 2.05) is 32.0 Å². The van der Waals surface area contributed by atoms with E-state index < -0.39 is 0 Å². The van der Waals surface area contributed by atoms with Crippen LogP contribution in [0.3, 0.4) is 0 Å². The number of hydrogen-bond acceptors (Lipinski definition) is 2. The van der Waals surface area contributed by atoms with E-state index in [-0.39, 0.29) is 5.91 Å². The number of anilines is 1. The number of aromatic amines is 1. The number of H-pyrrole nitrogens is 1. The first-order valence-electron chi connectivity index (χ1n) is 5.05. The van der Waals surface area contributed by atoms with Crippen molar-refractivity contribution in [1.82, 2.24) is 10.2 Å². The van der Waals surface area contributed by atoms with Crippen LogP contribution in [0.25, 0.3) is 0 Å². The van der Waals surface area contributed by atoms with Gasteiger partial charge < -0.3 is 5.32 Å². The average molecular weight is 215 g/mol. The van der Waals surface area contributed by atoms with Crippen molar-refractivity contribution in [3.63, 3.8) is 0 Å². The number of nitrogens with zero attached hydrogens (tertiary/aromatic N) is 1. The third-order valence-corrected chi connectivity index (χ3v) is 2.48. The minimum atomic E-state index is -0.147. The van der Waals surface area contributed by atoms with Crippen LogP contribution in [-0.4, -0.2) is 16.1 Å². The molecule has 1 aromatic heterocycles. The van der Waals surface area contributed by atoms with Gasteiger partial charge in [-0.2, -0.15) is 5.10 Å². The fourth-order valence-electron chi connectivity index (χ4n) is 1.57. The molecule has 0 saturated heterocycles. The van der Waals surface area contributed by atoms with Crippen LogP contribution >= 0.6 is 0 Å². The van der Waals surface area contributed by atoms with Crippen molar-refractivity contribution in [2.24, 2.45) is 0 Å². The molecule has 4 nitrogen and oxygen atoms in total. The minimum absolute atomic E-state index is 0.147. The van der Waals surface area contributed by atoms with E-state index in [1.165, 1.54) is 6.20 Å². The zero-order valence-corrected chi connectivity index (χ0v) is 9.24. The topological polar surface area (TPSA) is 57.8 Å². The molecule has 1 heterocycles. The van der Waals surface area contributed by atoms with Gasteiger partial charge in [-0.25, -0.2) is 0 Å². The van der Waals surface area contributed by atoms with Gasteiger partial charge in [-0.15, -0.1) is 0 Å². The lowest BCUT2D eigenvalue weighted by Gasteiger charge is -2.10. The lowest BCUT2D eigenvalue weighted by Crippen LogP contribution is -2.12. The summed E-state index contributed by atoms with van der Waals surface area (Å²) in [5.41, 5.74) is 3.50. The molecule has 82 valence electrons. The predicted molar refractivity (Wildman–Crippen MR) is 62.5 cm³/mol. The van der Waals surface area contributed by atoms with Gasteiger partial charge in [0.25, 0.3) is 5.91 Å². The molecule has 2 N–H and O–H groups in total. The second-order valence-electron chi connectivity index (χ2n) is 3.71. The predicted octanol–water partition coefficient (Wildman–Crippen LogP) is 2.28. The lowest BCUT2D eigenvalue weighted by atomic mass is 10.1. The summed E-state index contributed by atoms with van der Waals surface area (Å²) in [5, 5.41) is 9.24. The molecular formula is C12H13N3O. The monoisotopic (exact) mass is 215 g/mol. The summed E-state index contributed by atoms with van der Waals surface area (Å²) in [6.07, 6.45) is 3.08. The zero-order chi connectivity index (χ0) is 11.5. The molecule has 1 aromatic carbocycles. The molecule has 2 aromatic rings. The van der Waals surface area contributed by atoms with E-state index in [2.05, 4.69) is 15.5 Å². The van der Waals surface area contributed by atoms with Gasteiger partial charge in [-0.1, -0.05) is 18.2 Å². The van der Waals surface area contributed by atoms with Crippen LogP contribution < -0.4 is 5.32 Å². The molecule has 0 bridgehead atoms. The van der Waals surface area contributed by atoms with Crippen LogP contribution in [0.4, 0.5) is 5.69 Å². The van der Waals surface area contributed by atoms with Crippen molar-refractivity contribution in [3.05, 3.63) is 47.3 Å². The number of aromatic nitrogens is 2. The maximum absolute atomic E-state index is 11.8. The summed E-state index contributed by atoms with van der Waals surface area (Å²) >= 11 is 0. The van der Waals surface area contributed by atoms with E-state index >= 15 is 0 Å². The second-order valence-corrected chi connectivity index (χ2v) is 3.71. The molecule has 0 fully saturated rings. The number of aryl methyl sites for hydroxylation is 2. The van der Waals surface area contributed by atoms with E-state index in [0.717, 1.165) is 16.8 Å². The van der Waals surface area contributed by atoms with Crippen LogP contribution in [0.1, 0.15) is 21.5 Å². The van der Waals surface area contributed by atoms with E-state index in [4.69, 9.17) is 0 Å². The van der Waals surface area contributed by atoms with E-state index in [1.54, 1.807) is 6.20 Å². The first-order valence-corrected chi connectivity index (χ1v) is 5.05. The van der Waals surface area contributed by atoms with Crippen molar-refractivity contribution in [3.8, 4) is 0 Å². The van der Waals surface area contributed by atoms with Gasteiger partial charge in [0.2, 0.25) is 0 Å². The second kappa shape index (κ2) is 4.18. The van der Waals surface area contributed by atoms with Crippen LogP contribution in [0.5, 0.6) is 0 Å². The third kappa shape index (κ3) is 1.95. The van der Waals surface area contributed by atoms with Gasteiger partial charge in [0.05, 0.1) is 11.8 Å². The summed E-state index contributed by atoms with van der Waals surface area (Å²) in [4.78, 5) is 11.8. The molecule has 0 spiro atoms. The van der Waals surface area contributed by atoms with Crippen molar-refractivity contribution in [2.75, 3.05) is 5.32 Å². The molecule has 0 atom stereocenters. The third-order valence-electron chi connectivity index (χ3n) is 2.48. The largest absolute Gasteiger partial charge is 0.321 e. The highest BCUT2D eigenvalue weighted by Gasteiger charge is 2.09. The Labute approximate surface area is 93.7 Å². The van der Waals surface area contributed by atoms with Gasteiger partial charge in [0.1, 0.15) is 0 Å². The highest BCUT2D eigenvalue weighted by Crippen LogP contribution is 2.19. The van der Waals surface area contributed by atoms with Crippen LogP contribution in [0, 0.1) is 13.8 Å². The number of carbonyl (C=O) groups is 1. The Bertz CT molecular complexity index is 483. The molecular weight excluding hydrogens is 202 g/mol. The fourth-order valence-corrected chi connectivity index (χ4v) is 1.57. The summed E-state index contributed by atoms with van der Waals surface area (Å²) in [6, 6.07) is 5.91. The van der Waals surface area contributed by atoms with Gasteiger partial charge in [0.15, 0.2) is 0 Å². The zero-order valence-electron chi connectivity index (χ0n) is 9.24. The molecule has 0 aliphatic rings. The van der Waals surface area contributed by atoms with Crippen molar-refractivity contribution in [1.29, 1.82) is 0 Å². The smallest absolute Gasteiger partial charge is 0.258 e. The van der Waals surface area contributed by atoms with Gasteiger partial charge in [-0.05, 0) is 25.0 Å². The molecule has 0 aliphatic carbocycles. The molecule has 0 unspecified atom stereocenters. The quantitative estimate of drug-likeness (QED) is 0.807. The Morgan fingerprint density at radius 1 is 1.31 bits per heavy atom. The lowest BCUT2D eigenvalue weighted by molar-refractivity contribution is 0.102. The first-order chi connectivity index (χ1) is 7.68. The summed E-state index contributed by atoms with van der Waals surface area (Å²) in [5.74, 6) is -0.147. The molecule has 0 aliphatic heterocycles. The molecule has 4 heteroatoms. The highest BCUT2D eigenvalue weighted by molar-refractivity contribution is 6.04. The van der Waals surface area contributed by atoms with Crippen molar-refractivity contribution < 1.29 is 4.79 Å². The van der Waals surface area contributed by atoms with Crippen LogP contribution in [0.2, 0.25) is 0 Å². The fraction of sp³-hybridized carbons (Fsp3) is 0.167. The number of para-hydroxylation sites is 1.